The number of rotatable bonds is 58. The zero-order chi connectivity index (χ0) is 51.4. The van der Waals surface area contributed by atoms with Crippen LogP contribution < -0.4 is 0 Å². The first-order chi connectivity index (χ1) is 35.0. The Morgan fingerprint density at radius 2 is 0.493 bits per heavy atom. The van der Waals surface area contributed by atoms with E-state index in [0.29, 0.717) is 19.3 Å². The second-order valence-electron chi connectivity index (χ2n) is 21.3. The summed E-state index contributed by atoms with van der Waals surface area (Å²) >= 11 is 0. The van der Waals surface area contributed by atoms with Gasteiger partial charge in [0.1, 0.15) is 13.2 Å². The fourth-order valence-corrected chi connectivity index (χ4v) is 9.32. The lowest BCUT2D eigenvalue weighted by atomic mass is 10.0. The summed E-state index contributed by atoms with van der Waals surface area (Å²) in [7, 11) is 0. The van der Waals surface area contributed by atoms with E-state index in [0.717, 1.165) is 77.0 Å². The van der Waals surface area contributed by atoms with Crippen molar-refractivity contribution in [3.05, 3.63) is 36.5 Å². The predicted octanol–water partition coefficient (Wildman–Crippen LogP) is 21.2. The molecule has 71 heavy (non-hydrogen) atoms. The third kappa shape index (κ3) is 58.4. The molecule has 0 saturated heterocycles. The SMILES string of the molecule is CCC/C=C\CCCCCCCC(=O)OCC(COC(=O)CCCCCCCCCCCCCCCCCCC/C=C\CCCCCCCCCC)OC(=O)CCCCCCC/C=C\CCCCCCC. The normalized spacial score (nSPS) is 12.2. The summed E-state index contributed by atoms with van der Waals surface area (Å²) in [6, 6.07) is 0. The van der Waals surface area contributed by atoms with Crippen LogP contribution in [0.1, 0.15) is 342 Å². The maximum absolute atomic E-state index is 12.8. The van der Waals surface area contributed by atoms with Gasteiger partial charge in [-0.3, -0.25) is 14.4 Å². The van der Waals surface area contributed by atoms with Gasteiger partial charge in [0, 0.05) is 19.3 Å². The van der Waals surface area contributed by atoms with Gasteiger partial charge in [0.05, 0.1) is 0 Å². The standard InChI is InChI=1S/C65H120O6/c1-4-7-10-13-16-19-22-24-26-27-28-29-30-31-32-33-34-35-36-37-38-39-40-42-43-46-49-52-55-58-64(67)70-61-62(60-69-63(66)57-54-51-48-45-21-18-15-12-9-6-3)71-65(68)59-56-53-50-47-44-41-25-23-20-17-14-11-8-5-2/h12,15,23,25,27-28,62H,4-11,13-14,16-22,24,26,29-61H2,1-3H3/b15-12-,25-23-,28-27-. The maximum Gasteiger partial charge on any atom is 0.306 e. The minimum Gasteiger partial charge on any atom is -0.462 e. The largest absolute Gasteiger partial charge is 0.462 e. The zero-order valence-electron chi connectivity index (χ0n) is 47.8. The smallest absolute Gasteiger partial charge is 0.306 e. The Bertz CT molecular complexity index is 1190. The van der Waals surface area contributed by atoms with E-state index in [-0.39, 0.29) is 31.1 Å². The van der Waals surface area contributed by atoms with Crippen LogP contribution in [0.25, 0.3) is 0 Å². The van der Waals surface area contributed by atoms with Crippen molar-refractivity contribution in [1.29, 1.82) is 0 Å². The molecule has 0 rings (SSSR count). The van der Waals surface area contributed by atoms with E-state index in [9.17, 15) is 14.4 Å². The van der Waals surface area contributed by atoms with Gasteiger partial charge in [0.15, 0.2) is 6.10 Å². The molecular formula is C65H120O6. The first kappa shape index (κ1) is 68.6. The van der Waals surface area contributed by atoms with Gasteiger partial charge in [-0.15, -0.1) is 0 Å². The summed E-state index contributed by atoms with van der Waals surface area (Å²) < 4.78 is 16.8. The Morgan fingerprint density at radius 3 is 0.761 bits per heavy atom. The predicted molar refractivity (Wildman–Crippen MR) is 307 cm³/mol. The molecule has 0 aliphatic rings. The van der Waals surface area contributed by atoms with E-state index in [4.69, 9.17) is 14.2 Å². The third-order valence-electron chi connectivity index (χ3n) is 14.1. The van der Waals surface area contributed by atoms with Crippen molar-refractivity contribution >= 4 is 17.9 Å². The van der Waals surface area contributed by atoms with Crippen LogP contribution in [0.3, 0.4) is 0 Å². The van der Waals surface area contributed by atoms with Gasteiger partial charge >= 0.3 is 17.9 Å². The minimum atomic E-state index is -0.777. The molecule has 0 aliphatic heterocycles. The Morgan fingerprint density at radius 1 is 0.268 bits per heavy atom. The molecule has 0 saturated carbocycles. The highest BCUT2D eigenvalue weighted by Crippen LogP contribution is 2.17. The second kappa shape index (κ2) is 60.2. The highest BCUT2D eigenvalue weighted by atomic mass is 16.6. The van der Waals surface area contributed by atoms with E-state index >= 15 is 0 Å². The van der Waals surface area contributed by atoms with Crippen molar-refractivity contribution in [2.24, 2.45) is 0 Å². The van der Waals surface area contributed by atoms with Crippen LogP contribution in [0, 0.1) is 0 Å². The van der Waals surface area contributed by atoms with Crippen molar-refractivity contribution in [3.63, 3.8) is 0 Å². The number of carbonyl (C=O) groups is 3. The summed E-state index contributed by atoms with van der Waals surface area (Å²) in [5.41, 5.74) is 0. The molecule has 6 heteroatoms. The molecule has 0 aliphatic carbocycles. The summed E-state index contributed by atoms with van der Waals surface area (Å²) in [6.45, 7) is 6.60. The molecule has 0 amide bonds. The van der Waals surface area contributed by atoms with Crippen molar-refractivity contribution in [3.8, 4) is 0 Å². The minimum absolute atomic E-state index is 0.0749. The molecule has 0 radical (unpaired) electrons. The molecule has 0 fully saturated rings. The summed E-state index contributed by atoms with van der Waals surface area (Å²) in [4.78, 5) is 38.1. The van der Waals surface area contributed by atoms with E-state index in [1.165, 1.54) is 225 Å². The monoisotopic (exact) mass is 997 g/mol. The molecule has 1 atom stereocenters. The van der Waals surface area contributed by atoms with Crippen LogP contribution in [0.2, 0.25) is 0 Å². The molecule has 0 bridgehead atoms. The van der Waals surface area contributed by atoms with Crippen LogP contribution in [0.4, 0.5) is 0 Å². The summed E-state index contributed by atoms with van der Waals surface area (Å²) in [5, 5.41) is 0. The Labute approximate surface area is 442 Å². The summed E-state index contributed by atoms with van der Waals surface area (Å²) in [5.74, 6) is -0.878. The first-order valence-corrected chi connectivity index (χ1v) is 31.5. The van der Waals surface area contributed by atoms with Crippen LogP contribution in [-0.2, 0) is 28.6 Å². The van der Waals surface area contributed by atoms with Crippen LogP contribution in [-0.4, -0.2) is 37.2 Å². The van der Waals surface area contributed by atoms with E-state index in [1.54, 1.807) is 0 Å². The first-order valence-electron chi connectivity index (χ1n) is 31.5. The van der Waals surface area contributed by atoms with Gasteiger partial charge in [0.2, 0.25) is 0 Å². The number of ether oxygens (including phenoxy) is 3. The molecule has 0 heterocycles. The van der Waals surface area contributed by atoms with Crippen molar-refractivity contribution in [1.82, 2.24) is 0 Å². The van der Waals surface area contributed by atoms with Crippen molar-refractivity contribution in [2.45, 2.75) is 348 Å². The molecule has 6 nitrogen and oxygen atoms in total. The highest BCUT2D eigenvalue weighted by Gasteiger charge is 2.19. The number of hydrogen-bond acceptors (Lipinski definition) is 6. The average molecular weight is 998 g/mol. The molecular weight excluding hydrogens is 877 g/mol. The number of allylic oxidation sites excluding steroid dienone is 6. The van der Waals surface area contributed by atoms with E-state index in [1.807, 2.05) is 0 Å². The fraction of sp³-hybridized carbons (Fsp3) is 0.862. The molecule has 1 unspecified atom stereocenters. The Hall–Kier alpha value is -2.37. The molecule has 0 aromatic heterocycles. The van der Waals surface area contributed by atoms with Crippen molar-refractivity contribution in [2.75, 3.05) is 13.2 Å². The van der Waals surface area contributed by atoms with E-state index in [2.05, 4.69) is 57.2 Å². The topological polar surface area (TPSA) is 78.9 Å². The van der Waals surface area contributed by atoms with E-state index < -0.39 is 6.10 Å². The number of hydrogen-bond donors (Lipinski definition) is 0. The van der Waals surface area contributed by atoms with Crippen LogP contribution in [0.15, 0.2) is 36.5 Å². The van der Waals surface area contributed by atoms with Crippen molar-refractivity contribution < 1.29 is 28.6 Å². The lowest BCUT2D eigenvalue weighted by molar-refractivity contribution is -0.167. The lowest BCUT2D eigenvalue weighted by Crippen LogP contribution is -2.30. The molecule has 0 aromatic rings. The van der Waals surface area contributed by atoms with Gasteiger partial charge in [-0.1, -0.05) is 269 Å². The fourth-order valence-electron chi connectivity index (χ4n) is 9.32. The number of esters is 3. The van der Waals surface area contributed by atoms with Gasteiger partial charge in [-0.25, -0.2) is 0 Å². The number of unbranched alkanes of at least 4 members (excludes halogenated alkanes) is 41. The van der Waals surface area contributed by atoms with Gasteiger partial charge < -0.3 is 14.2 Å². The van der Waals surface area contributed by atoms with Gasteiger partial charge in [0.25, 0.3) is 0 Å². The van der Waals surface area contributed by atoms with Crippen LogP contribution in [0.5, 0.6) is 0 Å². The molecule has 0 N–H and O–H groups in total. The second-order valence-corrected chi connectivity index (χ2v) is 21.3. The third-order valence-corrected chi connectivity index (χ3v) is 14.1. The maximum atomic E-state index is 12.8. The highest BCUT2D eigenvalue weighted by molar-refractivity contribution is 5.71. The molecule has 416 valence electrons. The van der Waals surface area contributed by atoms with Gasteiger partial charge in [-0.2, -0.15) is 0 Å². The number of carbonyl (C=O) groups excluding carboxylic acids is 3. The van der Waals surface area contributed by atoms with Gasteiger partial charge in [-0.05, 0) is 89.9 Å². The Balaban J connectivity index is 4.09. The Kier molecular flexibility index (Phi) is 58.2. The summed E-state index contributed by atoms with van der Waals surface area (Å²) in [6.07, 6.45) is 73.2. The molecule has 0 aromatic carbocycles. The quantitative estimate of drug-likeness (QED) is 0.0261. The van der Waals surface area contributed by atoms with Crippen LogP contribution >= 0.6 is 0 Å². The zero-order valence-corrected chi connectivity index (χ0v) is 47.8. The lowest BCUT2D eigenvalue weighted by Gasteiger charge is -2.18. The molecule has 0 spiro atoms. The average Bonchev–Trinajstić information content (AvgIpc) is 3.37.